The predicted octanol–water partition coefficient (Wildman–Crippen LogP) is 6.24. The zero-order valence-electron chi connectivity index (χ0n) is 28.6. The highest BCUT2D eigenvalue weighted by molar-refractivity contribution is 9.13. The van der Waals surface area contributed by atoms with Crippen molar-refractivity contribution in [3.05, 3.63) is 94.9 Å². The van der Waals surface area contributed by atoms with E-state index in [4.69, 9.17) is 4.74 Å². The van der Waals surface area contributed by atoms with Crippen LogP contribution in [0.3, 0.4) is 0 Å². The van der Waals surface area contributed by atoms with Gasteiger partial charge in [0.1, 0.15) is 0 Å². The van der Waals surface area contributed by atoms with Crippen LogP contribution in [0.5, 0.6) is 11.5 Å². The third kappa shape index (κ3) is 5.10. The molecule has 17 heteroatoms. The molecule has 0 aromatic heterocycles. The van der Waals surface area contributed by atoms with Crippen LogP contribution >= 0.6 is 31.9 Å². The third-order valence-electron chi connectivity index (χ3n) is 11.1. The first-order valence-corrected chi connectivity index (χ1v) is 18.0. The number of hydrogen-bond donors (Lipinski definition) is 1. The Labute approximate surface area is 318 Å². The van der Waals surface area contributed by atoms with Crippen LogP contribution in [-0.4, -0.2) is 59.8 Å². The first-order chi connectivity index (χ1) is 25.1. The molecule has 1 saturated carbocycles. The van der Waals surface area contributed by atoms with Crippen molar-refractivity contribution in [2.45, 2.75) is 25.7 Å². The number of rotatable bonds is 7. The fraction of sp³-hybridized carbons (Fsp3) is 0.333. The van der Waals surface area contributed by atoms with Gasteiger partial charge in [-0.3, -0.25) is 39.4 Å². The van der Waals surface area contributed by atoms with Crippen LogP contribution < -0.4 is 19.4 Å². The van der Waals surface area contributed by atoms with Crippen molar-refractivity contribution in [2.24, 2.45) is 29.1 Å². The Morgan fingerprint density at radius 2 is 1.51 bits per heavy atom. The summed E-state index contributed by atoms with van der Waals surface area (Å²) in [5.74, 6) is -7.06. The highest BCUT2D eigenvalue weighted by Crippen LogP contribution is 2.65. The average Bonchev–Trinajstić information content (AvgIpc) is 3.50. The van der Waals surface area contributed by atoms with Crippen molar-refractivity contribution in [3.63, 3.8) is 0 Å². The number of nitro benzene ring substituents is 2. The van der Waals surface area contributed by atoms with Crippen LogP contribution in [0, 0.1) is 49.3 Å². The van der Waals surface area contributed by atoms with Gasteiger partial charge in [0.05, 0.1) is 56.0 Å². The standard InChI is InChI=1S/C36H31Br2N5O10/c1-36-22(33(46)41(35(36)48)16-8-6-5-7-9-16)14-20-18(27(36)21-15-25(53-4)31(44)29(38)28(21)37)10-11-19-26(20)34(47)40(32(19)45)17-12-23(42(49)50)30(39(2)3)24(13-17)43(51)52/h5-10,12-13,15,19-20,22,26-27,44H,11,14H2,1-4H3/t19-,20+,22-,26-,27+,36+/m0/s1. The van der Waals surface area contributed by atoms with Gasteiger partial charge in [-0.1, -0.05) is 29.8 Å². The molecule has 274 valence electrons. The number of carbonyl (C=O) groups is 4. The van der Waals surface area contributed by atoms with E-state index in [-0.39, 0.29) is 40.2 Å². The van der Waals surface area contributed by atoms with Gasteiger partial charge in [0, 0.05) is 36.6 Å². The molecule has 53 heavy (non-hydrogen) atoms. The number of benzene rings is 3. The van der Waals surface area contributed by atoms with Gasteiger partial charge in [0.2, 0.25) is 23.6 Å². The molecular weight excluding hydrogens is 822 g/mol. The Morgan fingerprint density at radius 1 is 0.887 bits per heavy atom. The van der Waals surface area contributed by atoms with Crippen molar-refractivity contribution in [2.75, 3.05) is 35.9 Å². The van der Waals surface area contributed by atoms with E-state index in [9.17, 15) is 44.5 Å². The molecule has 3 aromatic rings. The maximum atomic E-state index is 14.7. The number of methoxy groups -OCH3 is 1. The Kier molecular flexibility index (Phi) is 8.71. The molecule has 0 radical (unpaired) electrons. The fourth-order valence-electron chi connectivity index (χ4n) is 8.87. The van der Waals surface area contributed by atoms with E-state index in [1.54, 1.807) is 43.3 Å². The van der Waals surface area contributed by atoms with Gasteiger partial charge in [-0.05, 0) is 81.3 Å². The minimum atomic E-state index is -1.40. The van der Waals surface area contributed by atoms with Crippen molar-refractivity contribution in [3.8, 4) is 11.5 Å². The molecule has 2 heterocycles. The molecule has 4 aliphatic rings. The summed E-state index contributed by atoms with van der Waals surface area (Å²) >= 11 is 7.01. The second-order valence-corrected chi connectivity index (χ2v) is 15.5. The molecule has 2 aliphatic heterocycles. The third-order valence-corrected chi connectivity index (χ3v) is 13.3. The zero-order valence-corrected chi connectivity index (χ0v) is 31.8. The van der Waals surface area contributed by atoms with Crippen LogP contribution in [0.1, 0.15) is 31.2 Å². The Hall–Kier alpha value is -5.16. The van der Waals surface area contributed by atoms with E-state index in [0.717, 1.165) is 21.9 Å². The number of carbonyl (C=O) groups excluding carboxylic acids is 4. The van der Waals surface area contributed by atoms with Crippen molar-refractivity contribution in [1.82, 2.24) is 0 Å². The lowest BCUT2D eigenvalue weighted by Crippen LogP contribution is -2.49. The van der Waals surface area contributed by atoms with E-state index >= 15 is 0 Å². The molecule has 0 unspecified atom stereocenters. The van der Waals surface area contributed by atoms with E-state index in [0.29, 0.717) is 21.3 Å². The normalized spacial score (nSPS) is 26.2. The molecule has 3 aromatic carbocycles. The molecule has 3 fully saturated rings. The molecular formula is C36H31Br2N5O10. The second-order valence-electron chi connectivity index (χ2n) is 13.9. The van der Waals surface area contributed by atoms with Gasteiger partial charge in [0.25, 0.3) is 0 Å². The molecule has 2 saturated heterocycles. The topological polar surface area (TPSA) is 194 Å². The summed E-state index contributed by atoms with van der Waals surface area (Å²) in [5.41, 5.74) is -1.84. The second kappa shape index (κ2) is 12.8. The molecule has 15 nitrogen and oxygen atoms in total. The van der Waals surface area contributed by atoms with E-state index in [1.165, 1.54) is 26.1 Å². The summed E-state index contributed by atoms with van der Waals surface area (Å²) in [7, 11) is 4.19. The molecule has 7 rings (SSSR count). The van der Waals surface area contributed by atoms with Crippen LogP contribution in [-0.2, 0) is 19.2 Å². The smallest absolute Gasteiger partial charge is 0.301 e. The maximum Gasteiger partial charge on any atom is 0.301 e. The van der Waals surface area contributed by atoms with Crippen LogP contribution in [0.4, 0.5) is 28.4 Å². The van der Waals surface area contributed by atoms with Gasteiger partial charge in [-0.2, -0.15) is 0 Å². The number of allylic oxidation sites excluding steroid dienone is 2. The number of phenols is 1. The number of anilines is 3. The lowest BCUT2D eigenvalue weighted by molar-refractivity contribution is -0.392. The Balaban J connectivity index is 1.40. The lowest BCUT2D eigenvalue weighted by Gasteiger charge is -2.49. The van der Waals surface area contributed by atoms with Crippen LogP contribution in [0.2, 0.25) is 0 Å². The first-order valence-electron chi connectivity index (χ1n) is 16.5. The molecule has 0 spiro atoms. The summed E-state index contributed by atoms with van der Waals surface area (Å²) in [5, 5.41) is 35.1. The number of nitrogens with zero attached hydrogens (tertiary/aromatic N) is 5. The number of hydrogen-bond acceptors (Lipinski definition) is 11. The highest BCUT2D eigenvalue weighted by Gasteiger charge is 2.68. The van der Waals surface area contributed by atoms with Gasteiger partial charge >= 0.3 is 11.4 Å². The van der Waals surface area contributed by atoms with Crippen molar-refractivity contribution < 1.29 is 38.9 Å². The maximum absolute atomic E-state index is 14.7. The SMILES string of the molecule is COc1cc([C@H]2C3=CC[C@@H]4C(=O)N(c5cc([N+](=O)[O-])c(N(C)C)c([N+](=O)[O-])c5)C(=O)[C@@H]4[C@@H]3C[C@H]3C(=O)N(c4ccccc4)C(=O)[C@@]23C)c(Br)c(Br)c1O. The van der Waals surface area contributed by atoms with Gasteiger partial charge in [-0.25, -0.2) is 9.80 Å². The summed E-state index contributed by atoms with van der Waals surface area (Å²) in [6.07, 6.45) is 1.89. The highest BCUT2D eigenvalue weighted by atomic mass is 79.9. The molecule has 1 N–H and O–H groups in total. The number of aromatic hydroxyl groups is 1. The van der Waals surface area contributed by atoms with Crippen LogP contribution in [0.15, 0.2) is 69.1 Å². The van der Waals surface area contributed by atoms with Crippen molar-refractivity contribution in [1.29, 1.82) is 0 Å². The van der Waals surface area contributed by atoms with E-state index in [1.807, 2.05) is 6.08 Å². The molecule has 0 bridgehead atoms. The van der Waals surface area contributed by atoms with E-state index in [2.05, 4.69) is 31.9 Å². The van der Waals surface area contributed by atoms with E-state index < -0.39 is 79.9 Å². The minimum absolute atomic E-state index is 0.0225. The largest absolute Gasteiger partial charge is 0.503 e. The quantitative estimate of drug-likeness (QED) is 0.122. The zero-order chi connectivity index (χ0) is 38.4. The van der Waals surface area contributed by atoms with Gasteiger partial charge in [-0.15, -0.1) is 0 Å². The molecule has 4 amide bonds. The number of amides is 4. The number of ether oxygens (including phenoxy) is 1. The Bertz CT molecular complexity index is 2180. The predicted molar refractivity (Wildman–Crippen MR) is 198 cm³/mol. The number of halogens is 2. The number of nitro groups is 2. The van der Waals surface area contributed by atoms with Crippen molar-refractivity contribution >= 4 is 83.9 Å². The summed E-state index contributed by atoms with van der Waals surface area (Å²) in [4.78, 5) is 83.8. The number of imide groups is 2. The lowest BCUT2D eigenvalue weighted by atomic mass is 9.51. The van der Waals surface area contributed by atoms with Crippen LogP contribution in [0.25, 0.3) is 0 Å². The summed E-state index contributed by atoms with van der Waals surface area (Å²) < 4.78 is 6.11. The fourth-order valence-corrected chi connectivity index (χ4v) is 9.83. The monoisotopic (exact) mass is 851 g/mol. The summed E-state index contributed by atoms with van der Waals surface area (Å²) in [6.45, 7) is 1.72. The number of fused-ring (bicyclic) bond motifs is 4. The number of para-hydroxylation sites is 1. The van der Waals surface area contributed by atoms with Gasteiger partial charge < -0.3 is 14.7 Å². The summed E-state index contributed by atoms with van der Waals surface area (Å²) in [6, 6.07) is 12.0. The molecule has 2 aliphatic carbocycles. The minimum Gasteiger partial charge on any atom is -0.503 e. The first kappa shape index (κ1) is 36.2. The Morgan fingerprint density at radius 3 is 2.08 bits per heavy atom. The molecule has 6 atom stereocenters. The van der Waals surface area contributed by atoms with Gasteiger partial charge in [0.15, 0.2) is 17.2 Å². The number of phenolic OH excluding ortho intramolecular Hbond substituents is 1. The average molecular weight is 853 g/mol.